The van der Waals surface area contributed by atoms with E-state index in [1.165, 1.54) is 0 Å². The second kappa shape index (κ2) is 1.48. The number of nitrogens with one attached hydrogen (secondary N) is 1. The van der Waals surface area contributed by atoms with E-state index in [9.17, 15) is 4.79 Å². The van der Waals surface area contributed by atoms with Gasteiger partial charge in [0.15, 0.2) is 0 Å². The quantitative estimate of drug-likeness (QED) is 0.453. The molecule has 2 aliphatic heterocycles. The van der Waals surface area contributed by atoms with Gasteiger partial charge in [0.25, 0.3) is 0 Å². The zero-order chi connectivity index (χ0) is 6.43. The summed E-state index contributed by atoms with van der Waals surface area (Å²) < 4.78 is 0. The molecule has 3 nitrogen and oxygen atoms in total. The Balaban J connectivity index is 2.14. The van der Waals surface area contributed by atoms with Gasteiger partial charge in [-0.1, -0.05) is 6.92 Å². The minimum Gasteiger partial charge on any atom is -0.274 e. The molecular formula is C6H10N2O. The first-order valence-corrected chi connectivity index (χ1v) is 3.37. The highest BCUT2D eigenvalue weighted by atomic mass is 16.2. The SMILES string of the molecule is C[C@H]1C(=O)N2NCC[C@H]12. The number of β-lactam (4-membered cyclic amide) rings is 1. The maximum Gasteiger partial charge on any atom is 0.241 e. The molecule has 3 heteroatoms. The van der Waals surface area contributed by atoms with E-state index in [1.54, 1.807) is 5.01 Å². The predicted octanol–water partition coefficient (Wildman–Crippen LogP) is -0.258. The van der Waals surface area contributed by atoms with Crippen LogP contribution in [0.4, 0.5) is 0 Å². The molecule has 50 valence electrons. The molecule has 1 amide bonds. The van der Waals surface area contributed by atoms with Gasteiger partial charge in [-0.2, -0.15) is 0 Å². The zero-order valence-corrected chi connectivity index (χ0v) is 5.42. The Morgan fingerprint density at radius 3 is 3.22 bits per heavy atom. The van der Waals surface area contributed by atoms with Crippen molar-refractivity contribution in [1.29, 1.82) is 0 Å². The van der Waals surface area contributed by atoms with Crippen LogP contribution in [0.15, 0.2) is 0 Å². The Hall–Kier alpha value is -0.570. The number of fused-ring (bicyclic) bond motifs is 1. The minimum atomic E-state index is 0.262. The zero-order valence-electron chi connectivity index (χ0n) is 5.42. The molecule has 0 saturated carbocycles. The van der Waals surface area contributed by atoms with Gasteiger partial charge in [0.1, 0.15) is 0 Å². The summed E-state index contributed by atoms with van der Waals surface area (Å²) in [5.41, 5.74) is 3.02. The highest BCUT2D eigenvalue weighted by molar-refractivity contribution is 5.85. The lowest BCUT2D eigenvalue weighted by Gasteiger charge is -2.39. The van der Waals surface area contributed by atoms with Crippen LogP contribution in [-0.2, 0) is 4.79 Å². The molecule has 2 fully saturated rings. The molecular weight excluding hydrogens is 116 g/mol. The van der Waals surface area contributed by atoms with Crippen molar-refractivity contribution in [2.45, 2.75) is 19.4 Å². The largest absolute Gasteiger partial charge is 0.274 e. The molecule has 0 unspecified atom stereocenters. The molecule has 2 saturated heterocycles. The fourth-order valence-corrected chi connectivity index (χ4v) is 1.60. The third kappa shape index (κ3) is 0.477. The highest BCUT2D eigenvalue weighted by Crippen LogP contribution is 2.29. The van der Waals surface area contributed by atoms with E-state index in [-0.39, 0.29) is 11.8 Å². The lowest BCUT2D eigenvalue weighted by Crippen LogP contribution is -2.59. The van der Waals surface area contributed by atoms with Crippen molar-refractivity contribution in [1.82, 2.24) is 10.4 Å². The first-order chi connectivity index (χ1) is 4.30. The summed E-state index contributed by atoms with van der Waals surface area (Å²) in [4.78, 5) is 10.9. The minimum absolute atomic E-state index is 0.262. The average Bonchev–Trinajstić information content (AvgIpc) is 2.30. The molecule has 2 rings (SSSR count). The first-order valence-electron chi connectivity index (χ1n) is 3.37. The van der Waals surface area contributed by atoms with Crippen molar-refractivity contribution in [3.8, 4) is 0 Å². The van der Waals surface area contributed by atoms with Gasteiger partial charge in [0.2, 0.25) is 5.91 Å². The van der Waals surface area contributed by atoms with Gasteiger partial charge in [-0.3, -0.25) is 9.80 Å². The van der Waals surface area contributed by atoms with E-state index in [2.05, 4.69) is 5.43 Å². The van der Waals surface area contributed by atoms with Gasteiger partial charge >= 0.3 is 0 Å². The van der Waals surface area contributed by atoms with Crippen LogP contribution in [0, 0.1) is 5.92 Å². The van der Waals surface area contributed by atoms with Crippen LogP contribution in [0.5, 0.6) is 0 Å². The third-order valence-electron chi connectivity index (χ3n) is 2.26. The predicted molar refractivity (Wildman–Crippen MR) is 32.4 cm³/mol. The molecule has 2 atom stereocenters. The van der Waals surface area contributed by atoms with Crippen molar-refractivity contribution < 1.29 is 4.79 Å². The first kappa shape index (κ1) is 5.23. The van der Waals surface area contributed by atoms with Gasteiger partial charge in [-0.15, -0.1) is 0 Å². The molecule has 1 N–H and O–H groups in total. The van der Waals surface area contributed by atoms with Crippen molar-refractivity contribution in [3.05, 3.63) is 0 Å². The van der Waals surface area contributed by atoms with Crippen LogP contribution in [0.1, 0.15) is 13.3 Å². The maximum atomic E-state index is 10.9. The fourth-order valence-electron chi connectivity index (χ4n) is 1.60. The lowest BCUT2D eigenvalue weighted by atomic mass is 9.91. The van der Waals surface area contributed by atoms with Crippen LogP contribution >= 0.6 is 0 Å². The molecule has 0 aromatic rings. The van der Waals surface area contributed by atoms with E-state index in [0.29, 0.717) is 6.04 Å². The van der Waals surface area contributed by atoms with Crippen molar-refractivity contribution in [3.63, 3.8) is 0 Å². The Bertz CT molecular complexity index is 157. The fraction of sp³-hybridized carbons (Fsp3) is 0.833. The number of amides is 1. The Morgan fingerprint density at radius 1 is 1.78 bits per heavy atom. The maximum absolute atomic E-state index is 10.9. The molecule has 0 radical (unpaired) electrons. The second-order valence-corrected chi connectivity index (χ2v) is 2.76. The van der Waals surface area contributed by atoms with Crippen molar-refractivity contribution in [2.24, 2.45) is 5.92 Å². The van der Waals surface area contributed by atoms with Gasteiger partial charge in [-0.25, -0.2) is 5.43 Å². The van der Waals surface area contributed by atoms with E-state index in [4.69, 9.17) is 0 Å². The topological polar surface area (TPSA) is 32.3 Å². The molecule has 2 heterocycles. The van der Waals surface area contributed by atoms with Crippen LogP contribution < -0.4 is 5.43 Å². The summed E-state index contributed by atoms with van der Waals surface area (Å²) in [5, 5.41) is 1.75. The summed E-state index contributed by atoms with van der Waals surface area (Å²) in [7, 11) is 0. The summed E-state index contributed by atoms with van der Waals surface area (Å²) in [5.74, 6) is 0.539. The Kier molecular flexibility index (Phi) is 0.858. The Morgan fingerprint density at radius 2 is 2.56 bits per heavy atom. The van der Waals surface area contributed by atoms with E-state index in [0.717, 1.165) is 13.0 Å². The van der Waals surface area contributed by atoms with Gasteiger partial charge < -0.3 is 0 Å². The molecule has 0 aromatic carbocycles. The summed E-state index contributed by atoms with van der Waals surface area (Å²) in [6.45, 7) is 2.97. The number of rotatable bonds is 0. The average molecular weight is 126 g/mol. The van der Waals surface area contributed by atoms with Gasteiger partial charge in [-0.05, 0) is 6.42 Å². The van der Waals surface area contributed by atoms with E-state index >= 15 is 0 Å². The number of carbonyl (C=O) groups excluding carboxylic acids is 1. The van der Waals surface area contributed by atoms with Crippen LogP contribution in [0.2, 0.25) is 0 Å². The van der Waals surface area contributed by atoms with Gasteiger partial charge in [0, 0.05) is 6.54 Å². The van der Waals surface area contributed by atoms with Gasteiger partial charge in [0.05, 0.1) is 12.0 Å². The number of carbonyl (C=O) groups is 1. The smallest absolute Gasteiger partial charge is 0.241 e. The monoisotopic (exact) mass is 126 g/mol. The highest BCUT2D eigenvalue weighted by Gasteiger charge is 2.46. The normalized spacial score (nSPS) is 40.6. The standard InChI is InChI=1S/C6H10N2O/c1-4-5-2-3-7-8(5)6(4)9/h4-5,7H,2-3H2,1H3/t4-,5-/m1/s1. The number of hydrazine groups is 1. The van der Waals surface area contributed by atoms with Crippen LogP contribution in [0.25, 0.3) is 0 Å². The lowest BCUT2D eigenvalue weighted by molar-refractivity contribution is -0.155. The van der Waals surface area contributed by atoms with Crippen molar-refractivity contribution >= 4 is 5.91 Å². The van der Waals surface area contributed by atoms with Crippen molar-refractivity contribution in [2.75, 3.05) is 6.54 Å². The number of nitrogens with zero attached hydrogens (tertiary/aromatic N) is 1. The summed E-state index contributed by atoms with van der Waals surface area (Å²) in [6, 6.07) is 0.512. The second-order valence-electron chi connectivity index (χ2n) is 2.76. The molecule has 9 heavy (non-hydrogen) atoms. The van der Waals surface area contributed by atoms with Crippen LogP contribution in [-0.4, -0.2) is 23.5 Å². The summed E-state index contributed by atoms with van der Waals surface area (Å²) in [6.07, 6.45) is 1.13. The molecule has 2 aliphatic rings. The molecule has 0 aromatic heterocycles. The number of hydrogen-bond donors (Lipinski definition) is 1. The molecule has 0 bridgehead atoms. The third-order valence-corrected chi connectivity index (χ3v) is 2.26. The van der Waals surface area contributed by atoms with E-state index in [1.807, 2.05) is 6.92 Å². The molecule has 0 spiro atoms. The molecule has 0 aliphatic carbocycles. The van der Waals surface area contributed by atoms with Crippen LogP contribution in [0.3, 0.4) is 0 Å². The van der Waals surface area contributed by atoms with E-state index < -0.39 is 0 Å². The Labute approximate surface area is 54.0 Å². The summed E-state index contributed by atoms with van der Waals surface area (Å²) >= 11 is 0. The number of hydrogen-bond acceptors (Lipinski definition) is 2.